The van der Waals surface area contributed by atoms with Crippen LogP contribution in [0.25, 0.3) is 0 Å². The highest BCUT2D eigenvalue weighted by molar-refractivity contribution is 5.15. The molecule has 78 valence electrons. The standard InChI is InChI=1S/C12H18FN/c1-3-10(2)8-14-9-11-5-4-6-12(13)7-11/h4-7,10,14H,3,8-9H2,1-2H3. The van der Waals surface area contributed by atoms with Gasteiger partial charge in [0.1, 0.15) is 5.82 Å². The highest BCUT2D eigenvalue weighted by atomic mass is 19.1. The van der Waals surface area contributed by atoms with E-state index in [2.05, 4.69) is 19.2 Å². The van der Waals surface area contributed by atoms with Gasteiger partial charge in [0.15, 0.2) is 0 Å². The summed E-state index contributed by atoms with van der Waals surface area (Å²) in [5.41, 5.74) is 1.01. The van der Waals surface area contributed by atoms with Crippen molar-refractivity contribution >= 4 is 0 Å². The Hall–Kier alpha value is -0.890. The lowest BCUT2D eigenvalue weighted by Gasteiger charge is -2.09. The molecule has 1 aromatic carbocycles. The third kappa shape index (κ3) is 3.88. The quantitative estimate of drug-likeness (QED) is 0.761. The second-order valence-corrected chi connectivity index (χ2v) is 3.77. The van der Waals surface area contributed by atoms with Gasteiger partial charge >= 0.3 is 0 Å². The Kier molecular flexibility index (Phi) is 4.60. The van der Waals surface area contributed by atoms with Gasteiger partial charge in [-0.15, -0.1) is 0 Å². The van der Waals surface area contributed by atoms with E-state index in [0.29, 0.717) is 5.92 Å². The molecule has 1 N–H and O–H groups in total. The molecule has 0 aliphatic rings. The molecule has 0 amide bonds. The largest absolute Gasteiger partial charge is 0.312 e. The molecular weight excluding hydrogens is 177 g/mol. The predicted octanol–water partition coefficient (Wildman–Crippen LogP) is 2.96. The normalized spacial score (nSPS) is 12.8. The lowest BCUT2D eigenvalue weighted by molar-refractivity contribution is 0.499. The van der Waals surface area contributed by atoms with E-state index in [1.165, 1.54) is 12.5 Å². The van der Waals surface area contributed by atoms with Crippen molar-refractivity contribution in [1.82, 2.24) is 5.32 Å². The molecule has 1 unspecified atom stereocenters. The maximum Gasteiger partial charge on any atom is 0.123 e. The van der Waals surface area contributed by atoms with E-state index >= 15 is 0 Å². The van der Waals surface area contributed by atoms with Crippen LogP contribution in [-0.4, -0.2) is 6.54 Å². The van der Waals surface area contributed by atoms with Crippen molar-refractivity contribution in [3.8, 4) is 0 Å². The molecule has 0 fully saturated rings. The monoisotopic (exact) mass is 195 g/mol. The first-order chi connectivity index (χ1) is 6.72. The number of hydrogen-bond acceptors (Lipinski definition) is 1. The van der Waals surface area contributed by atoms with Gasteiger partial charge in [0.05, 0.1) is 0 Å². The second-order valence-electron chi connectivity index (χ2n) is 3.77. The molecule has 0 aliphatic heterocycles. The molecule has 0 spiro atoms. The highest BCUT2D eigenvalue weighted by Gasteiger charge is 1.98. The van der Waals surface area contributed by atoms with Gasteiger partial charge in [0.25, 0.3) is 0 Å². The summed E-state index contributed by atoms with van der Waals surface area (Å²) in [5, 5.41) is 3.31. The van der Waals surface area contributed by atoms with Gasteiger partial charge in [-0.1, -0.05) is 32.4 Å². The molecule has 0 aromatic heterocycles. The fourth-order valence-electron chi connectivity index (χ4n) is 1.25. The predicted molar refractivity (Wildman–Crippen MR) is 57.6 cm³/mol. The molecule has 2 heteroatoms. The summed E-state index contributed by atoms with van der Waals surface area (Å²) in [6.45, 7) is 6.13. The topological polar surface area (TPSA) is 12.0 Å². The zero-order valence-corrected chi connectivity index (χ0v) is 8.89. The Labute approximate surface area is 85.3 Å². The van der Waals surface area contributed by atoms with E-state index in [0.717, 1.165) is 18.7 Å². The maximum absolute atomic E-state index is 12.8. The summed E-state index contributed by atoms with van der Waals surface area (Å²) < 4.78 is 12.8. The van der Waals surface area contributed by atoms with Crippen molar-refractivity contribution in [2.24, 2.45) is 5.92 Å². The van der Waals surface area contributed by atoms with Crippen LogP contribution in [0.2, 0.25) is 0 Å². The van der Waals surface area contributed by atoms with Gasteiger partial charge in [-0.3, -0.25) is 0 Å². The van der Waals surface area contributed by atoms with Gasteiger partial charge < -0.3 is 5.32 Å². The van der Waals surface area contributed by atoms with E-state index in [9.17, 15) is 4.39 Å². The van der Waals surface area contributed by atoms with Crippen LogP contribution in [0.5, 0.6) is 0 Å². The first-order valence-corrected chi connectivity index (χ1v) is 5.17. The summed E-state index contributed by atoms with van der Waals surface area (Å²) >= 11 is 0. The average molecular weight is 195 g/mol. The Morgan fingerprint density at radius 1 is 1.43 bits per heavy atom. The van der Waals surface area contributed by atoms with E-state index in [-0.39, 0.29) is 5.82 Å². The zero-order valence-electron chi connectivity index (χ0n) is 8.89. The number of nitrogens with one attached hydrogen (secondary N) is 1. The molecule has 1 nitrogen and oxygen atoms in total. The summed E-state index contributed by atoms with van der Waals surface area (Å²) in [4.78, 5) is 0. The Bertz CT molecular complexity index is 273. The third-order valence-electron chi connectivity index (χ3n) is 2.41. The second kappa shape index (κ2) is 5.76. The van der Waals surface area contributed by atoms with Crippen molar-refractivity contribution < 1.29 is 4.39 Å². The number of hydrogen-bond donors (Lipinski definition) is 1. The van der Waals surface area contributed by atoms with Gasteiger partial charge in [0.2, 0.25) is 0 Å². The molecule has 1 atom stereocenters. The summed E-state index contributed by atoms with van der Waals surface area (Å²) in [6.07, 6.45) is 1.18. The van der Waals surface area contributed by atoms with Crippen molar-refractivity contribution in [3.63, 3.8) is 0 Å². The van der Waals surface area contributed by atoms with Crippen LogP contribution in [0, 0.1) is 11.7 Å². The fourth-order valence-corrected chi connectivity index (χ4v) is 1.25. The van der Waals surface area contributed by atoms with Gasteiger partial charge in [-0.05, 0) is 30.2 Å². The number of benzene rings is 1. The fraction of sp³-hybridized carbons (Fsp3) is 0.500. The van der Waals surface area contributed by atoms with Gasteiger partial charge in [0, 0.05) is 6.54 Å². The van der Waals surface area contributed by atoms with Gasteiger partial charge in [-0.2, -0.15) is 0 Å². The van der Waals surface area contributed by atoms with Crippen LogP contribution in [0.4, 0.5) is 4.39 Å². The Morgan fingerprint density at radius 3 is 2.86 bits per heavy atom. The lowest BCUT2D eigenvalue weighted by atomic mass is 10.1. The van der Waals surface area contributed by atoms with E-state index in [4.69, 9.17) is 0 Å². The average Bonchev–Trinajstić information content (AvgIpc) is 2.17. The summed E-state index contributed by atoms with van der Waals surface area (Å²) in [5.74, 6) is 0.524. The van der Waals surface area contributed by atoms with E-state index in [1.807, 2.05) is 6.07 Å². The number of rotatable bonds is 5. The van der Waals surface area contributed by atoms with Crippen LogP contribution in [0.1, 0.15) is 25.8 Å². The number of halogens is 1. The molecule has 0 aliphatic carbocycles. The molecule has 0 radical (unpaired) electrons. The highest BCUT2D eigenvalue weighted by Crippen LogP contribution is 2.03. The lowest BCUT2D eigenvalue weighted by Crippen LogP contribution is -2.20. The molecule has 0 saturated heterocycles. The molecule has 0 bridgehead atoms. The minimum absolute atomic E-state index is 0.159. The van der Waals surface area contributed by atoms with Crippen molar-refractivity contribution in [3.05, 3.63) is 35.6 Å². The van der Waals surface area contributed by atoms with E-state index in [1.54, 1.807) is 12.1 Å². The van der Waals surface area contributed by atoms with Crippen molar-refractivity contribution in [1.29, 1.82) is 0 Å². The van der Waals surface area contributed by atoms with Crippen molar-refractivity contribution in [2.45, 2.75) is 26.8 Å². The van der Waals surface area contributed by atoms with Crippen LogP contribution in [-0.2, 0) is 6.54 Å². The smallest absolute Gasteiger partial charge is 0.123 e. The third-order valence-corrected chi connectivity index (χ3v) is 2.41. The minimum Gasteiger partial charge on any atom is -0.312 e. The minimum atomic E-state index is -0.159. The Balaban J connectivity index is 2.31. The SMILES string of the molecule is CCC(C)CNCc1cccc(F)c1. The maximum atomic E-state index is 12.8. The first kappa shape index (κ1) is 11.2. The molecule has 1 rings (SSSR count). The summed E-state index contributed by atoms with van der Waals surface area (Å²) in [7, 11) is 0. The molecule has 0 saturated carbocycles. The molecule has 1 aromatic rings. The van der Waals surface area contributed by atoms with Crippen LogP contribution < -0.4 is 5.32 Å². The molecule has 0 heterocycles. The summed E-state index contributed by atoms with van der Waals surface area (Å²) in [6, 6.07) is 6.73. The van der Waals surface area contributed by atoms with Crippen LogP contribution in [0.3, 0.4) is 0 Å². The van der Waals surface area contributed by atoms with E-state index < -0.39 is 0 Å². The van der Waals surface area contributed by atoms with Crippen LogP contribution >= 0.6 is 0 Å². The van der Waals surface area contributed by atoms with Crippen LogP contribution in [0.15, 0.2) is 24.3 Å². The zero-order chi connectivity index (χ0) is 10.4. The van der Waals surface area contributed by atoms with Crippen molar-refractivity contribution in [2.75, 3.05) is 6.54 Å². The molecular formula is C12H18FN. The molecule has 14 heavy (non-hydrogen) atoms. The Morgan fingerprint density at radius 2 is 2.21 bits per heavy atom. The van der Waals surface area contributed by atoms with Gasteiger partial charge in [-0.25, -0.2) is 4.39 Å². The first-order valence-electron chi connectivity index (χ1n) is 5.17.